The first kappa shape index (κ1) is 7.77. The standard InChI is InChI=1S/C9H12O3/c1-5-3-7(10)9(4-6(5)9)8(11)12-2/h5-6H,3-4H2,1-2H3/t5-,6+,9-/m0/s1. The Labute approximate surface area is 71.1 Å². The molecule has 3 nitrogen and oxygen atoms in total. The van der Waals surface area contributed by atoms with E-state index >= 15 is 0 Å². The summed E-state index contributed by atoms with van der Waals surface area (Å²) < 4.78 is 4.64. The summed E-state index contributed by atoms with van der Waals surface area (Å²) in [4.78, 5) is 22.7. The van der Waals surface area contributed by atoms with E-state index in [0.29, 0.717) is 12.3 Å². The van der Waals surface area contributed by atoms with Gasteiger partial charge in [0.1, 0.15) is 5.41 Å². The van der Waals surface area contributed by atoms with Gasteiger partial charge in [0.25, 0.3) is 0 Å². The number of hydrogen-bond donors (Lipinski definition) is 0. The van der Waals surface area contributed by atoms with E-state index in [4.69, 9.17) is 0 Å². The maximum absolute atomic E-state index is 11.4. The third kappa shape index (κ3) is 0.667. The Balaban J connectivity index is 2.26. The van der Waals surface area contributed by atoms with Crippen LogP contribution in [0.5, 0.6) is 0 Å². The first-order valence-corrected chi connectivity index (χ1v) is 4.24. The molecule has 3 atom stereocenters. The highest BCUT2D eigenvalue weighted by Gasteiger charge is 2.71. The molecule has 0 aromatic heterocycles. The van der Waals surface area contributed by atoms with E-state index in [0.717, 1.165) is 6.42 Å². The molecule has 0 heterocycles. The van der Waals surface area contributed by atoms with Crippen molar-refractivity contribution in [1.29, 1.82) is 0 Å². The molecule has 2 aliphatic carbocycles. The fourth-order valence-electron chi connectivity index (χ4n) is 2.44. The van der Waals surface area contributed by atoms with Gasteiger partial charge in [0.2, 0.25) is 0 Å². The summed E-state index contributed by atoms with van der Waals surface area (Å²) in [5, 5.41) is 0. The average Bonchev–Trinajstić information content (AvgIpc) is 2.73. The number of carbonyl (C=O) groups is 2. The number of fused-ring (bicyclic) bond motifs is 1. The van der Waals surface area contributed by atoms with Crippen LogP contribution in [0.4, 0.5) is 0 Å². The van der Waals surface area contributed by atoms with Gasteiger partial charge in [0.15, 0.2) is 5.78 Å². The predicted molar refractivity (Wildman–Crippen MR) is 41.3 cm³/mol. The third-order valence-corrected chi connectivity index (χ3v) is 3.26. The Kier molecular flexibility index (Phi) is 1.35. The zero-order valence-electron chi connectivity index (χ0n) is 7.29. The molecule has 0 spiro atoms. The topological polar surface area (TPSA) is 43.4 Å². The molecule has 0 aromatic carbocycles. The van der Waals surface area contributed by atoms with Crippen molar-refractivity contribution in [3.05, 3.63) is 0 Å². The highest BCUT2D eigenvalue weighted by molar-refractivity contribution is 6.09. The van der Waals surface area contributed by atoms with Crippen molar-refractivity contribution in [3.63, 3.8) is 0 Å². The second-order valence-electron chi connectivity index (χ2n) is 3.88. The molecule has 0 N–H and O–H groups in total. The van der Waals surface area contributed by atoms with Gasteiger partial charge in [-0.2, -0.15) is 0 Å². The Morgan fingerprint density at radius 1 is 1.67 bits per heavy atom. The summed E-state index contributed by atoms with van der Waals surface area (Å²) in [5.74, 6) is 0.419. The number of hydrogen-bond acceptors (Lipinski definition) is 3. The summed E-state index contributed by atoms with van der Waals surface area (Å²) in [6.45, 7) is 2.03. The van der Waals surface area contributed by atoms with Crippen LogP contribution in [-0.4, -0.2) is 18.9 Å². The van der Waals surface area contributed by atoms with Crippen LogP contribution in [0.15, 0.2) is 0 Å². The van der Waals surface area contributed by atoms with Crippen molar-refractivity contribution in [2.24, 2.45) is 17.3 Å². The molecule has 12 heavy (non-hydrogen) atoms. The van der Waals surface area contributed by atoms with Crippen molar-refractivity contribution in [3.8, 4) is 0 Å². The summed E-state index contributed by atoms with van der Waals surface area (Å²) in [5.41, 5.74) is -0.700. The van der Waals surface area contributed by atoms with E-state index in [9.17, 15) is 9.59 Å². The predicted octanol–water partition coefficient (Wildman–Crippen LogP) is 0.775. The minimum absolute atomic E-state index is 0.0897. The smallest absolute Gasteiger partial charge is 0.319 e. The Morgan fingerprint density at radius 2 is 2.33 bits per heavy atom. The van der Waals surface area contributed by atoms with Gasteiger partial charge in [-0.15, -0.1) is 0 Å². The first-order valence-electron chi connectivity index (χ1n) is 4.24. The monoisotopic (exact) mass is 168 g/mol. The number of rotatable bonds is 1. The molecule has 0 unspecified atom stereocenters. The third-order valence-electron chi connectivity index (χ3n) is 3.26. The van der Waals surface area contributed by atoms with Gasteiger partial charge in [-0.1, -0.05) is 6.92 Å². The van der Waals surface area contributed by atoms with E-state index in [-0.39, 0.29) is 17.7 Å². The Bertz CT molecular complexity index is 248. The normalized spacial score (nSPS) is 44.0. The first-order chi connectivity index (χ1) is 5.63. The number of ether oxygens (including phenoxy) is 1. The average molecular weight is 168 g/mol. The van der Waals surface area contributed by atoms with Gasteiger partial charge in [0.05, 0.1) is 7.11 Å². The molecule has 0 radical (unpaired) electrons. The lowest BCUT2D eigenvalue weighted by atomic mass is 10.0. The number of esters is 1. The van der Waals surface area contributed by atoms with Crippen LogP contribution in [0.1, 0.15) is 19.8 Å². The second kappa shape index (κ2) is 2.09. The summed E-state index contributed by atoms with van der Waals surface area (Å²) in [6.07, 6.45) is 1.28. The number of carbonyl (C=O) groups excluding carboxylic acids is 2. The molecule has 2 fully saturated rings. The molecular weight excluding hydrogens is 156 g/mol. The molecule has 3 heteroatoms. The maximum Gasteiger partial charge on any atom is 0.319 e. The van der Waals surface area contributed by atoms with Crippen LogP contribution in [-0.2, 0) is 14.3 Å². The van der Waals surface area contributed by atoms with Gasteiger partial charge in [-0.3, -0.25) is 9.59 Å². The molecule has 2 saturated carbocycles. The minimum atomic E-state index is -0.700. The molecule has 2 rings (SSSR count). The van der Waals surface area contributed by atoms with E-state index in [2.05, 4.69) is 4.74 Å². The molecule has 0 bridgehead atoms. The highest BCUT2D eigenvalue weighted by atomic mass is 16.5. The SMILES string of the molecule is COC(=O)[C@@]12C[C@@H]1[C@@H](C)CC2=O. The fraction of sp³-hybridized carbons (Fsp3) is 0.778. The van der Waals surface area contributed by atoms with Crippen molar-refractivity contribution < 1.29 is 14.3 Å². The van der Waals surface area contributed by atoms with Crippen molar-refractivity contribution in [2.75, 3.05) is 7.11 Å². The number of Topliss-reactive ketones (excluding diaryl/α,β-unsaturated/α-hetero) is 1. The lowest BCUT2D eigenvalue weighted by Gasteiger charge is -2.05. The van der Waals surface area contributed by atoms with E-state index in [1.54, 1.807) is 0 Å². The largest absolute Gasteiger partial charge is 0.468 e. The maximum atomic E-state index is 11.4. The van der Waals surface area contributed by atoms with Gasteiger partial charge in [0, 0.05) is 6.42 Å². The molecule has 0 saturated heterocycles. The van der Waals surface area contributed by atoms with Crippen LogP contribution in [0.25, 0.3) is 0 Å². The van der Waals surface area contributed by atoms with Gasteiger partial charge >= 0.3 is 5.97 Å². The quantitative estimate of drug-likeness (QED) is 0.429. The molecule has 2 aliphatic rings. The Hall–Kier alpha value is -0.860. The zero-order valence-corrected chi connectivity index (χ0v) is 7.29. The van der Waals surface area contributed by atoms with Crippen molar-refractivity contribution in [1.82, 2.24) is 0 Å². The van der Waals surface area contributed by atoms with Crippen LogP contribution in [0.3, 0.4) is 0 Å². The summed E-state index contributed by atoms with van der Waals surface area (Å²) >= 11 is 0. The number of methoxy groups -OCH3 is 1. The van der Waals surface area contributed by atoms with E-state index in [1.807, 2.05) is 6.92 Å². The zero-order chi connectivity index (χ0) is 8.93. The Morgan fingerprint density at radius 3 is 2.67 bits per heavy atom. The second-order valence-corrected chi connectivity index (χ2v) is 3.88. The van der Waals surface area contributed by atoms with Crippen molar-refractivity contribution >= 4 is 11.8 Å². The van der Waals surface area contributed by atoms with Gasteiger partial charge in [-0.05, 0) is 18.3 Å². The van der Waals surface area contributed by atoms with Crippen molar-refractivity contribution in [2.45, 2.75) is 19.8 Å². The molecule has 0 aromatic rings. The lowest BCUT2D eigenvalue weighted by molar-refractivity contribution is -0.150. The lowest BCUT2D eigenvalue weighted by Crippen LogP contribution is -2.24. The summed E-state index contributed by atoms with van der Waals surface area (Å²) in [6, 6.07) is 0. The van der Waals surface area contributed by atoms with Gasteiger partial charge < -0.3 is 4.74 Å². The van der Waals surface area contributed by atoms with Gasteiger partial charge in [-0.25, -0.2) is 0 Å². The fourth-order valence-corrected chi connectivity index (χ4v) is 2.44. The molecular formula is C9H12O3. The van der Waals surface area contributed by atoms with Crippen LogP contribution in [0, 0.1) is 17.3 Å². The van der Waals surface area contributed by atoms with E-state index < -0.39 is 5.41 Å². The molecule has 0 amide bonds. The van der Waals surface area contributed by atoms with Crippen LogP contribution in [0.2, 0.25) is 0 Å². The van der Waals surface area contributed by atoms with Crippen LogP contribution < -0.4 is 0 Å². The minimum Gasteiger partial charge on any atom is -0.468 e. The van der Waals surface area contributed by atoms with Crippen LogP contribution >= 0.6 is 0 Å². The van der Waals surface area contributed by atoms with E-state index in [1.165, 1.54) is 7.11 Å². The highest BCUT2D eigenvalue weighted by Crippen LogP contribution is 2.64. The molecule has 66 valence electrons. The number of ketones is 1. The summed E-state index contributed by atoms with van der Waals surface area (Å²) in [7, 11) is 1.35. The molecule has 0 aliphatic heterocycles.